The van der Waals surface area contributed by atoms with Crippen LogP contribution in [0, 0.1) is 19.8 Å². The average Bonchev–Trinajstić information content (AvgIpc) is 3.20. The van der Waals surface area contributed by atoms with Gasteiger partial charge in [0, 0.05) is 29.7 Å². The van der Waals surface area contributed by atoms with E-state index in [1.54, 1.807) is 46.1 Å². The highest BCUT2D eigenvalue weighted by Gasteiger charge is 2.46. The molecular weight excluding hydrogens is 516 g/mol. The molecule has 3 aromatic rings. The maximum Gasteiger partial charge on any atom is 0.314 e. The molecule has 0 aliphatic heterocycles. The summed E-state index contributed by atoms with van der Waals surface area (Å²) in [5.74, 6) is 0.286. The first-order valence-electron chi connectivity index (χ1n) is 13.1. The second-order valence-corrected chi connectivity index (χ2v) is 12.0. The van der Waals surface area contributed by atoms with E-state index in [1.807, 2.05) is 45.0 Å². The average molecular weight is 556 g/mol. The van der Waals surface area contributed by atoms with Gasteiger partial charge in [0.1, 0.15) is 12.3 Å². The third-order valence-electron chi connectivity index (χ3n) is 7.17. The van der Waals surface area contributed by atoms with E-state index in [4.69, 9.17) is 4.52 Å². The number of sulfonamides is 1. The van der Waals surface area contributed by atoms with Gasteiger partial charge in [0.05, 0.1) is 18.4 Å². The molecule has 1 heterocycles. The number of nitrogens with zero attached hydrogens (tertiary/aromatic N) is 2. The molecule has 0 bridgehead atoms. The summed E-state index contributed by atoms with van der Waals surface area (Å²) in [5, 5.41) is 6.58. The van der Waals surface area contributed by atoms with E-state index in [-0.39, 0.29) is 39.5 Å². The molecule has 2 atom stereocenters. The number of benzene rings is 2. The third kappa shape index (κ3) is 6.23. The lowest BCUT2D eigenvalue weighted by Crippen LogP contribution is -2.62. The van der Waals surface area contributed by atoms with Crippen molar-refractivity contribution in [3.05, 3.63) is 65.4 Å². The molecule has 1 aromatic heterocycles. The number of likely N-dealkylation sites (N-methyl/N-ethyl adjacent to an activating group) is 2. The summed E-state index contributed by atoms with van der Waals surface area (Å²) in [6.45, 7) is 9.46. The van der Waals surface area contributed by atoms with Crippen LogP contribution in [0.5, 0.6) is 0 Å². The first kappa shape index (κ1) is 30.0. The Balaban J connectivity index is 2.15. The van der Waals surface area contributed by atoms with Crippen molar-refractivity contribution in [1.82, 2.24) is 10.5 Å². The second-order valence-electron chi connectivity index (χ2n) is 10.3. The molecule has 2 N–H and O–H groups in total. The van der Waals surface area contributed by atoms with Crippen LogP contribution in [0.3, 0.4) is 0 Å². The summed E-state index contributed by atoms with van der Waals surface area (Å²) in [4.78, 5) is 26.7. The fourth-order valence-corrected chi connectivity index (χ4v) is 6.35. The zero-order valence-corrected chi connectivity index (χ0v) is 24.6. The highest BCUT2D eigenvalue weighted by Crippen LogP contribution is 2.34. The molecule has 0 spiro atoms. The molecule has 3 rings (SSSR count). The molecule has 0 aliphatic carbocycles. The zero-order valence-electron chi connectivity index (χ0n) is 23.7. The first-order chi connectivity index (χ1) is 18.4. The molecule has 0 aliphatic rings. The molecule has 0 saturated carbocycles. The molecular formula is C29H39N4O5S+. The number of amides is 2. The third-order valence-corrected chi connectivity index (χ3v) is 8.56. The largest absolute Gasteiger partial charge is 0.359 e. The monoisotopic (exact) mass is 555 g/mol. The quantitative estimate of drug-likeness (QED) is 0.328. The Hall–Kier alpha value is -3.50. The van der Waals surface area contributed by atoms with Crippen molar-refractivity contribution in [2.45, 2.75) is 64.9 Å². The predicted molar refractivity (Wildman–Crippen MR) is 151 cm³/mol. The number of carbonyl (C=O) groups is 2. The summed E-state index contributed by atoms with van der Waals surface area (Å²) >= 11 is 0. The van der Waals surface area contributed by atoms with E-state index in [0.29, 0.717) is 35.3 Å². The van der Waals surface area contributed by atoms with E-state index >= 15 is 0 Å². The Labute approximate surface area is 231 Å². The van der Waals surface area contributed by atoms with Crippen molar-refractivity contribution in [2.75, 3.05) is 18.8 Å². The fourth-order valence-electron chi connectivity index (χ4n) is 5.07. The van der Waals surface area contributed by atoms with Gasteiger partial charge >= 0.3 is 5.91 Å². The van der Waals surface area contributed by atoms with Gasteiger partial charge in [-0.1, -0.05) is 68.4 Å². The van der Waals surface area contributed by atoms with Crippen LogP contribution in [-0.2, 0) is 26.2 Å². The van der Waals surface area contributed by atoms with Crippen LogP contribution in [0.15, 0.2) is 57.9 Å². The topological polar surface area (TPSA) is 118 Å². The summed E-state index contributed by atoms with van der Waals surface area (Å²) in [5.41, 5.74) is 2.51. The van der Waals surface area contributed by atoms with Gasteiger partial charge in [-0.25, -0.2) is 17.7 Å². The molecule has 9 nitrogen and oxygen atoms in total. The fraction of sp³-hybridized carbons (Fsp3) is 0.414. The molecule has 2 amide bonds. The smallest absolute Gasteiger partial charge is 0.314 e. The maximum atomic E-state index is 13.6. The van der Waals surface area contributed by atoms with E-state index < -0.39 is 16.1 Å². The molecule has 0 fully saturated rings. The van der Waals surface area contributed by atoms with Crippen LogP contribution >= 0.6 is 0 Å². The van der Waals surface area contributed by atoms with Crippen LogP contribution in [0.25, 0.3) is 11.1 Å². The minimum Gasteiger partial charge on any atom is -0.359 e. The van der Waals surface area contributed by atoms with E-state index in [9.17, 15) is 18.0 Å². The maximum absolute atomic E-state index is 13.6. The Morgan fingerprint density at radius 1 is 1.03 bits per heavy atom. The molecule has 10 heteroatoms. The number of carbonyl (C=O) groups excluding carboxylic acids is 2. The number of quaternary nitrogens is 1. The van der Waals surface area contributed by atoms with E-state index in [2.05, 4.69) is 15.2 Å². The normalized spacial score (nSPS) is 14.1. The number of nitrogens with one attached hydrogen (secondary N) is 2. The van der Waals surface area contributed by atoms with Crippen LogP contribution in [0.2, 0.25) is 0 Å². The minimum atomic E-state index is -4.04. The molecule has 0 saturated heterocycles. The Morgan fingerprint density at radius 3 is 2.21 bits per heavy atom. The number of hydrogen-bond acceptors (Lipinski definition) is 6. The van der Waals surface area contributed by atoms with Gasteiger partial charge in [0.15, 0.2) is 11.9 Å². The van der Waals surface area contributed by atoms with Crippen molar-refractivity contribution < 1.29 is 27.0 Å². The van der Waals surface area contributed by atoms with Crippen LogP contribution < -0.4 is 10.0 Å². The van der Waals surface area contributed by atoms with Crippen molar-refractivity contribution in [3.8, 4) is 11.1 Å². The van der Waals surface area contributed by atoms with E-state index in [0.717, 1.165) is 5.56 Å². The summed E-state index contributed by atoms with van der Waals surface area (Å²) in [7, 11) is -0.666. The van der Waals surface area contributed by atoms with Gasteiger partial charge in [-0.05, 0) is 31.9 Å². The summed E-state index contributed by atoms with van der Waals surface area (Å²) < 4.78 is 34.7. The van der Waals surface area contributed by atoms with E-state index in [1.165, 1.54) is 6.07 Å². The molecule has 2 aromatic carbocycles. The number of aromatic nitrogens is 1. The van der Waals surface area contributed by atoms with Crippen molar-refractivity contribution in [1.29, 1.82) is 0 Å². The lowest BCUT2D eigenvalue weighted by molar-refractivity contribution is -0.868. The van der Waals surface area contributed by atoms with Crippen molar-refractivity contribution in [2.24, 2.45) is 5.92 Å². The molecule has 0 radical (unpaired) electrons. The number of anilines is 1. The SMILES string of the molecule is CCCC(=O)[N+](C)(Cc1ccccc1-c1ccccc1S(=O)(=O)Nc1noc(C)c1C)[C@H](C(=O)NC)C(C)C. The van der Waals surface area contributed by atoms with Crippen molar-refractivity contribution >= 4 is 27.7 Å². The van der Waals surface area contributed by atoms with Crippen LogP contribution in [0.4, 0.5) is 5.82 Å². The van der Waals surface area contributed by atoms with Gasteiger partial charge in [0.25, 0.3) is 15.9 Å². The number of aryl methyl sites for hydroxylation is 1. The van der Waals surface area contributed by atoms with Crippen molar-refractivity contribution in [3.63, 3.8) is 0 Å². The van der Waals surface area contributed by atoms with Gasteiger partial charge in [-0.15, -0.1) is 0 Å². The highest BCUT2D eigenvalue weighted by molar-refractivity contribution is 7.92. The Kier molecular flexibility index (Phi) is 9.34. The minimum absolute atomic E-state index is 0.0472. The molecule has 210 valence electrons. The first-order valence-corrected chi connectivity index (χ1v) is 14.6. The standard InChI is InChI=1S/C29H38N4O5S/c1-8-13-26(34)33(7,27(19(2)3)29(35)30-6)18-22-14-9-10-15-23(22)24-16-11-12-17-25(24)39(36,37)32-28-20(4)21(5)38-31-28/h9-12,14-17,19,27H,8,13,18H2,1-7H3,(H-,30,31,32,35)/p+1/t27-,33?/m0/s1. The second kappa shape index (κ2) is 12.1. The summed E-state index contributed by atoms with van der Waals surface area (Å²) in [6.07, 6.45) is 0.977. The van der Waals surface area contributed by atoms with Gasteiger partial charge < -0.3 is 9.84 Å². The van der Waals surface area contributed by atoms with Crippen LogP contribution in [0.1, 0.15) is 50.5 Å². The highest BCUT2D eigenvalue weighted by atomic mass is 32.2. The Bertz CT molecular complexity index is 1450. The Morgan fingerprint density at radius 2 is 1.64 bits per heavy atom. The number of hydrogen-bond donors (Lipinski definition) is 2. The van der Waals surface area contributed by atoms with Gasteiger partial charge in [0.2, 0.25) is 0 Å². The zero-order chi connectivity index (χ0) is 29.0. The molecule has 1 unspecified atom stereocenters. The van der Waals surface area contributed by atoms with Crippen LogP contribution in [-0.4, -0.2) is 50.0 Å². The van der Waals surface area contributed by atoms with Gasteiger partial charge in [-0.3, -0.25) is 9.52 Å². The molecule has 39 heavy (non-hydrogen) atoms. The predicted octanol–water partition coefficient (Wildman–Crippen LogP) is 4.80. The lowest BCUT2D eigenvalue weighted by Gasteiger charge is -2.40. The van der Waals surface area contributed by atoms with Gasteiger partial charge in [-0.2, -0.15) is 0 Å². The number of rotatable bonds is 11. The lowest BCUT2D eigenvalue weighted by atomic mass is 9.94. The summed E-state index contributed by atoms with van der Waals surface area (Å²) in [6, 6.07) is 13.5.